The van der Waals surface area contributed by atoms with Crippen LogP contribution in [-0.2, 0) is 6.54 Å². The van der Waals surface area contributed by atoms with Crippen molar-refractivity contribution >= 4 is 0 Å². The van der Waals surface area contributed by atoms with Gasteiger partial charge in [-0.3, -0.25) is 0 Å². The molecule has 1 aliphatic rings. The van der Waals surface area contributed by atoms with Crippen molar-refractivity contribution in [3.63, 3.8) is 0 Å². The van der Waals surface area contributed by atoms with E-state index >= 15 is 0 Å². The first-order valence-electron chi connectivity index (χ1n) is 4.02. The Labute approximate surface area is 66.2 Å². The van der Waals surface area contributed by atoms with Gasteiger partial charge in [-0.25, -0.2) is 4.98 Å². The minimum atomic E-state index is 0.410. The molecule has 1 saturated carbocycles. The smallest absolute Gasteiger partial charge is 0.120 e. The molecule has 1 heterocycles. The predicted molar refractivity (Wildman–Crippen MR) is 43.1 cm³/mol. The van der Waals surface area contributed by atoms with Gasteiger partial charge in [0.15, 0.2) is 0 Å². The first-order chi connectivity index (χ1) is 5.29. The van der Waals surface area contributed by atoms with Crippen LogP contribution < -0.4 is 5.32 Å². The molecule has 1 aromatic rings. The molecule has 0 spiro atoms. The van der Waals surface area contributed by atoms with E-state index in [1.165, 1.54) is 12.8 Å². The summed E-state index contributed by atoms with van der Waals surface area (Å²) in [4.78, 5) is 7.19. The number of hydrogen-bond donors (Lipinski definition) is 2. The zero-order valence-electron chi connectivity index (χ0n) is 6.72. The molecule has 11 heavy (non-hydrogen) atoms. The standard InChI is InChI=1S/C8H13N3/c1-8(2-3-8)11-6-7-9-4-5-10-7/h4-5,11H,2-3,6H2,1H3,(H,9,10). The van der Waals surface area contributed by atoms with Gasteiger partial charge in [0.2, 0.25) is 0 Å². The van der Waals surface area contributed by atoms with E-state index in [2.05, 4.69) is 22.2 Å². The van der Waals surface area contributed by atoms with Crippen molar-refractivity contribution in [2.24, 2.45) is 0 Å². The van der Waals surface area contributed by atoms with Crippen LogP contribution in [0.3, 0.4) is 0 Å². The van der Waals surface area contributed by atoms with Crippen LogP contribution in [0.15, 0.2) is 12.4 Å². The Morgan fingerprint density at radius 1 is 1.73 bits per heavy atom. The largest absolute Gasteiger partial charge is 0.348 e. The highest BCUT2D eigenvalue weighted by atomic mass is 15.0. The molecule has 2 rings (SSSR count). The summed E-state index contributed by atoms with van der Waals surface area (Å²) in [5.41, 5.74) is 0.410. The van der Waals surface area contributed by atoms with Crippen LogP contribution in [-0.4, -0.2) is 15.5 Å². The molecule has 0 bridgehead atoms. The van der Waals surface area contributed by atoms with Crippen molar-refractivity contribution < 1.29 is 0 Å². The lowest BCUT2D eigenvalue weighted by Gasteiger charge is -2.08. The molecule has 3 heteroatoms. The molecule has 0 amide bonds. The monoisotopic (exact) mass is 151 g/mol. The Kier molecular flexibility index (Phi) is 1.46. The second-order valence-corrected chi connectivity index (χ2v) is 3.45. The lowest BCUT2D eigenvalue weighted by atomic mass is 10.3. The highest BCUT2D eigenvalue weighted by molar-refractivity contribution is 4.99. The number of nitrogens with one attached hydrogen (secondary N) is 2. The summed E-state index contributed by atoms with van der Waals surface area (Å²) in [5, 5.41) is 3.44. The summed E-state index contributed by atoms with van der Waals surface area (Å²) < 4.78 is 0. The first-order valence-corrected chi connectivity index (χ1v) is 4.02. The fourth-order valence-electron chi connectivity index (χ4n) is 1.06. The summed E-state index contributed by atoms with van der Waals surface area (Å²) in [6.07, 6.45) is 6.24. The Hall–Kier alpha value is -0.830. The number of nitrogens with zero attached hydrogens (tertiary/aromatic N) is 1. The molecule has 0 saturated heterocycles. The first kappa shape index (κ1) is 6.85. The lowest BCUT2D eigenvalue weighted by molar-refractivity contribution is 0.527. The van der Waals surface area contributed by atoms with Crippen molar-refractivity contribution in [1.82, 2.24) is 15.3 Å². The topological polar surface area (TPSA) is 40.7 Å². The van der Waals surface area contributed by atoms with Crippen LogP contribution in [0.2, 0.25) is 0 Å². The van der Waals surface area contributed by atoms with E-state index in [4.69, 9.17) is 0 Å². The van der Waals surface area contributed by atoms with Gasteiger partial charge in [-0.05, 0) is 19.8 Å². The molecule has 0 aliphatic heterocycles. The van der Waals surface area contributed by atoms with Gasteiger partial charge in [0.1, 0.15) is 5.82 Å². The summed E-state index contributed by atoms with van der Waals surface area (Å²) in [6, 6.07) is 0. The van der Waals surface area contributed by atoms with Gasteiger partial charge in [0.05, 0.1) is 6.54 Å². The number of aromatic nitrogens is 2. The molecule has 60 valence electrons. The Morgan fingerprint density at radius 3 is 3.09 bits per heavy atom. The van der Waals surface area contributed by atoms with E-state index in [1.807, 2.05) is 6.20 Å². The average Bonchev–Trinajstić information content (AvgIpc) is 2.53. The Morgan fingerprint density at radius 2 is 2.55 bits per heavy atom. The minimum absolute atomic E-state index is 0.410. The third-order valence-corrected chi connectivity index (χ3v) is 2.24. The Balaban J connectivity index is 1.83. The maximum Gasteiger partial charge on any atom is 0.120 e. The molecule has 2 N–H and O–H groups in total. The number of H-pyrrole nitrogens is 1. The van der Waals surface area contributed by atoms with Crippen LogP contribution in [0.1, 0.15) is 25.6 Å². The SMILES string of the molecule is CC1(NCc2ncc[nH]2)CC1. The van der Waals surface area contributed by atoms with Crippen LogP contribution in [0.4, 0.5) is 0 Å². The average molecular weight is 151 g/mol. The quantitative estimate of drug-likeness (QED) is 0.678. The zero-order valence-corrected chi connectivity index (χ0v) is 6.72. The highest BCUT2D eigenvalue weighted by Crippen LogP contribution is 2.34. The van der Waals surface area contributed by atoms with Gasteiger partial charge in [0.25, 0.3) is 0 Å². The van der Waals surface area contributed by atoms with Crippen molar-refractivity contribution in [3.8, 4) is 0 Å². The van der Waals surface area contributed by atoms with Crippen LogP contribution >= 0.6 is 0 Å². The molecule has 1 aromatic heterocycles. The predicted octanol–water partition coefficient (Wildman–Crippen LogP) is 1.05. The number of aromatic amines is 1. The maximum atomic E-state index is 4.13. The number of rotatable bonds is 3. The van der Waals surface area contributed by atoms with Gasteiger partial charge in [-0.2, -0.15) is 0 Å². The fourth-order valence-corrected chi connectivity index (χ4v) is 1.06. The van der Waals surface area contributed by atoms with E-state index in [1.54, 1.807) is 6.20 Å². The molecule has 0 unspecified atom stereocenters. The minimum Gasteiger partial charge on any atom is -0.348 e. The van der Waals surface area contributed by atoms with Gasteiger partial charge in [0, 0.05) is 17.9 Å². The molecular formula is C8H13N3. The molecule has 0 aromatic carbocycles. The van der Waals surface area contributed by atoms with Crippen LogP contribution in [0.5, 0.6) is 0 Å². The second kappa shape index (κ2) is 2.34. The van der Waals surface area contributed by atoms with Crippen molar-refractivity contribution in [1.29, 1.82) is 0 Å². The summed E-state index contributed by atoms with van der Waals surface area (Å²) in [5.74, 6) is 1.03. The zero-order chi connectivity index (χ0) is 7.73. The van der Waals surface area contributed by atoms with Crippen molar-refractivity contribution in [3.05, 3.63) is 18.2 Å². The Bertz CT molecular complexity index is 223. The normalized spacial score (nSPS) is 20.1. The summed E-state index contributed by atoms with van der Waals surface area (Å²) >= 11 is 0. The molecular weight excluding hydrogens is 138 g/mol. The fraction of sp³-hybridized carbons (Fsp3) is 0.625. The van der Waals surface area contributed by atoms with Crippen molar-refractivity contribution in [2.75, 3.05) is 0 Å². The third-order valence-electron chi connectivity index (χ3n) is 2.24. The molecule has 3 nitrogen and oxygen atoms in total. The van der Waals surface area contributed by atoms with Gasteiger partial charge in [-0.15, -0.1) is 0 Å². The maximum absolute atomic E-state index is 4.13. The summed E-state index contributed by atoms with van der Waals surface area (Å²) in [7, 11) is 0. The molecule has 1 aliphatic carbocycles. The van der Waals surface area contributed by atoms with E-state index in [-0.39, 0.29) is 0 Å². The number of imidazole rings is 1. The lowest BCUT2D eigenvalue weighted by Crippen LogP contribution is -2.27. The van der Waals surface area contributed by atoms with Gasteiger partial charge < -0.3 is 10.3 Å². The van der Waals surface area contributed by atoms with Crippen molar-refractivity contribution in [2.45, 2.75) is 31.8 Å². The van der Waals surface area contributed by atoms with Crippen LogP contribution in [0.25, 0.3) is 0 Å². The van der Waals surface area contributed by atoms with Crippen LogP contribution in [0, 0.1) is 0 Å². The van der Waals surface area contributed by atoms with Gasteiger partial charge >= 0.3 is 0 Å². The van der Waals surface area contributed by atoms with E-state index in [9.17, 15) is 0 Å². The summed E-state index contributed by atoms with van der Waals surface area (Å²) in [6.45, 7) is 3.11. The number of hydrogen-bond acceptors (Lipinski definition) is 2. The van der Waals surface area contributed by atoms with E-state index in [0.29, 0.717) is 5.54 Å². The molecule has 0 atom stereocenters. The third kappa shape index (κ3) is 1.60. The second-order valence-electron chi connectivity index (χ2n) is 3.45. The van der Waals surface area contributed by atoms with Gasteiger partial charge in [-0.1, -0.05) is 0 Å². The highest BCUT2D eigenvalue weighted by Gasteiger charge is 2.36. The molecule has 1 fully saturated rings. The van der Waals surface area contributed by atoms with E-state index < -0.39 is 0 Å². The van der Waals surface area contributed by atoms with E-state index in [0.717, 1.165) is 12.4 Å². The molecule has 0 radical (unpaired) electrons.